The fourth-order valence-corrected chi connectivity index (χ4v) is 5.50. The maximum absolute atomic E-state index is 14.1. The average Bonchev–Trinajstić information content (AvgIpc) is 3.57. The molecule has 1 aliphatic rings. The highest BCUT2D eigenvalue weighted by atomic mass is 16.5. The number of benzene rings is 2. The van der Waals surface area contributed by atoms with E-state index in [2.05, 4.69) is 46.3 Å². The van der Waals surface area contributed by atoms with Crippen molar-refractivity contribution >= 4 is 5.78 Å². The quantitative estimate of drug-likeness (QED) is 0.300. The molecule has 0 fully saturated rings. The summed E-state index contributed by atoms with van der Waals surface area (Å²) >= 11 is 0. The molecular weight excluding hydrogens is 492 g/mol. The number of aryl methyl sites for hydroxylation is 2. The summed E-state index contributed by atoms with van der Waals surface area (Å²) in [6, 6.07) is 15.9. The van der Waals surface area contributed by atoms with Gasteiger partial charge in [0.25, 0.3) is 5.56 Å². The molecule has 1 N–H and O–H groups in total. The van der Waals surface area contributed by atoms with Crippen LogP contribution in [0.4, 0.5) is 0 Å². The van der Waals surface area contributed by atoms with Crippen LogP contribution in [0.3, 0.4) is 0 Å². The second-order valence-corrected chi connectivity index (χ2v) is 10.0. The monoisotopic (exact) mass is 522 g/mol. The van der Waals surface area contributed by atoms with Gasteiger partial charge in [-0.2, -0.15) is 10.1 Å². The van der Waals surface area contributed by atoms with Crippen molar-refractivity contribution in [3.63, 3.8) is 0 Å². The number of hydrogen-bond acceptors (Lipinski definition) is 6. The van der Waals surface area contributed by atoms with Crippen LogP contribution in [0, 0.1) is 6.92 Å². The van der Waals surface area contributed by atoms with Gasteiger partial charge in [-0.1, -0.05) is 79.2 Å². The van der Waals surface area contributed by atoms with Gasteiger partial charge in [0.1, 0.15) is 5.82 Å². The first-order valence-corrected chi connectivity index (χ1v) is 13.4. The molecule has 0 saturated carbocycles. The van der Waals surface area contributed by atoms with Crippen molar-refractivity contribution in [2.75, 3.05) is 0 Å². The molecule has 9 nitrogen and oxygen atoms in total. The van der Waals surface area contributed by atoms with Crippen molar-refractivity contribution in [1.82, 2.24) is 29.3 Å². The Morgan fingerprint density at radius 2 is 1.87 bits per heavy atom. The highest BCUT2D eigenvalue weighted by molar-refractivity contribution is 5.80. The summed E-state index contributed by atoms with van der Waals surface area (Å²) in [4.78, 5) is 32.9. The van der Waals surface area contributed by atoms with Gasteiger partial charge in [0, 0.05) is 17.5 Å². The molecule has 1 unspecified atom stereocenters. The minimum atomic E-state index is -0.591. The predicted molar refractivity (Wildman–Crippen MR) is 149 cm³/mol. The molecule has 0 saturated heterocycles. The number of H-pyrrole nitrogens is 1. The highest BCUT2D eigenvalue weighted by Gasteiger charge is 2.24. The van der Waals surface area contributed by atoms with Gasteiger partial charge in [-0.3, -0.25) is 18.9 Å². The largest absolute Gasteiger partial charge is 0.439 e. The van der Waals surface area contributed by atoms with Gasteiger partial charge >= 0.3 is 5.76 Å². The molecule has 9 heteroatoms. The molecule has 3 aromatic heterocycles. The van der Waals surface area contributed by atoms with Crippen LogP contribution in [-0.2, 0) is 12.8 Å². The summed E-state index contributed by atoms with van der Waals surface area (Å²) in [6.07, 6.45) is 9.42. The van der Waals surface area contributed by atoms with Crippen molar-refractivity contribution in [3.05, 3.63) is 104 Å². The minimum absolute atomic E-state index is 0.0132. The maximum Gasteiger partial charge on any atom is 0.439 e. The Kier molecular flexibility index (Phi) is 6.56. The summed E-state index contributed by atoms with van der Waals surface area (Å²) in [5, 5.41) is 8.57. The number of rotatable bonds is 7. The fraction of sp³-hybridized carbons (Fsp3) is 0.300. The SMILES string of the molecule is CCCc1c(Cc2ccc(-c3ccccc3-c3noc(=O)[nH]3)cc2)c(=O)n(C2C=CCCC2)c2nc(C)nn12. The van der Waals surface area contributed by atoms with Gasteiger partial charge in [0.2, 0.25) is 5.78 Å². The smallest absolute Gasteiger partial charge is 0.296 e. The Labute approximate surface area is 224 Å². The molecular formula is C30H30N6O3. The molecule has 1 atom stereocenters. The van der Waals surface area contributed by atoms with E-state index in [1.165, 1.54) is 0 Å². The van der Waals surface area contributed by atoms with Crippen molar-refractivity contribution in [1.29, 1.82) is 0 Å². The lowest BCUT2D eigenvalue weighted by Gasteiger charge is -2.22. The molecule has 0 radical (unpaired) electrons. The van der Waals surface area contributed by atoms with Gasteiger partial charge in [0.05, 0.1) is 11.7 Å². The minimum Gasteiger partial charge on any atom is -0.296 e. The molecule has 39 heavy (non-hydrogen) atoms. The van der Waals surface area contributed by atoms with E-state index in [1.807, 2.05) is 52.4 Å². The van der Waals surface area contributed by atoms with E-state index in [4.69, 9.17) is 9.62 Å². The number of hydrogen-bond donors (Lipinski definition) is 1. The van der Waals surface area contributed by atoms with Crippen LogP contribution in [-0.4, -0.2) is 29.3 Å². The number of aromatic nitrogens is 6. The van der Waals surface area contributed by atoms with E-state index in [-0.39, 0.29) is 11.6 Å². The number of nitrogens with zero attached hydrogens (tertiary/aromatic N) is 5. The molecule has 3 heterocycles. The Hall–Kier alpha value is -4.53. The van der Waals surface area contributed by atoms with Crippen molar-refractivity contribution < 1.29 is 4.52 Å². The van der Waals surface area contributed by atoms with Gasteiger partial charge in [-0.15, -0.1) is 0 Å². The molecule has 0 amide bonds. The van der Waals surface area contributed by atoms with Crippen molar-refractivity contribution in [2.24, 2.45) is 0 Å². The summed E-state index contributed by atoms with van der Waals surface area (Å²) in [7, 11) is 0. The third-order valence-electron chi connectivity index (χ3n) is 7.31. The Morgan fingerprint density at radius 1 is 1.08 bits per heavy atom. The topological polar surface area (TPSA) is 111 Å². The predicted octanol–water partition coefficient (Wildman–Crippen LogP) is 5.03. The van der Waals surface area contributed by atoms with E-state index < -0.39 is 5.76 Å². The third kappa shape index (κ3) is 4.65. The Morgan fingerprint density at radius 3 is 2.56 bits per heavy atom. The Balaban J connectivity index is 1.42. The maximum atomic E-state index is 14.1. The van der Waals surface area contributed by atoms with E-state index >= 15 is 0 Å². The second-order valence-electron chi connectivity index (χ2n) is 10.0. The van der Waals surface area contributed by atoms with Crippen LogP contribution in [0.5, 0.6) is 0 Å². The summed E-state index contributed by atoms with van der Waals surface area (Å²) in [6.45, 7) is 3.99. The zero-order chi connectivity index (χ0) is 26.9. The van der Waals surface area contributed by atoms with Crippen LogP contribution < -0.4 is 11.3 Å². The molecule has 1 aliphatic carbocycles. The number of allylic oxidation sites excluding steroid dienone is 2. The first-order chi connectivity index (χ1) is 19.0. The summed E-state index contributed by atoms with van der Waals surface area (Å²) in [5.41, 5.74) is 5.41. The van der Waals surface area contributed by atoms with Gasteiger partial charge in [-0.05, 0) is 49.3 Å². The standard InChI is InChI=1S/C30H30N6O3/c1-3-9-26-25(28(37)35(22-10-5-4-6-11-22)29-31-19(2)33-36(26)29)18-20-14-16-21(17-15-20)23-12-7-8-13-24(23)27-32-30(38)39-34-27/h5,7-8,10,12-17,22H,3-4,6,9,11,18H2,1-2H3,(H,32,34,38). The number of nitrogens with one attached hydrogen (secondary N) is 1. The van der Waals surface area contributed by atoms with E-state index in [9.17, 15) is 9.59 Å². The lowest BCUT2D eigenvalue weighted by atomic mass is 9.96. The van der Waals surface area contributed by atoms with E-state index in [0.717, 1.165) is 65.6 Å². The molecule has 198 valence electrons. The summed E-state index contributed by atoms with van der Waals surface area (Å²) in [5.74, 6) is 1.08. The molecule has 6 rings (SSSR count). The lowest BCUT2D eigenvalue weighted by Crippen LogP contribution is -2.32. The molecule has 2 aromatic carbocycles. The lowest BCUT2D eigenvalue weighted by molar-refractivity contribution is 0.388. The number of fused-ring (bicyclic) bond motifs is 1. The van der Waals surface area contributed by atoms with Crippen LogP contribution in [0.25, 0.3) is 28.3 Å². The first-order valence-electron chi connectivity index (χ1n) is 13.4. The third-order valence-corrected chi connectivity index (χ3v) is 7.31. The fourth-order valence-electron chi connectivity index (χ4n) is 5.50. The average molecular weight is 523 g/mol. The normalized spacial score (nSPS) is 15.3. The first kappa shape index (κ1) is 24.8. The molecule has 0 aliphatic heterocycles. The molecule has 0 spiro atoms. The molecule has 5 aromatic rings. The second kappa shape index (κ2) is 10.3. The highest BCUT2D eigenvalue weighted by Crippen LogP contribution is 2.30. The van der Waals surface area contributed by atoms with Gasteiger partial charge in [-0.25, -0.2) is 9.31 Å². The Bertz CT molecular complexity index is 1790. The zero-order valence-corrected chi connectivity index (χ0v) is 22.1. The van der Waals surface area contributed by atoms with Gasteiger partial charge in [0.15, 0.2) is 5.82 Å². The van der Waals surface area contributed by atoms with Gasteiger partial charge < -0.3 is 0 Å². The number of aromatic amines is 1. The van der Waals surface area contributed by atoms with Crippen molar-refractivity contribution in [3.8, 4) is 22.5 Å². The van der Waals surface area contributed by atoms with Crippen molar-refractivity contribution in [2.45, 2.75) is 58.4 Å². The van der Waals surface area contributed by atoms with Crippen LogP contribution in [0.2, 0.25) is 0 Å². The van der Waals surface area contributed by atoms with Crippen LogP contribution in [0.1, 0.15) is 61.3 Å². The zero-order valence-electron chi connectivity index (χ0n) is 22.1. The molecule has 0 bridgehead atoms. The summed E-state index contributed by atoms with van der Waals surface area (Å²) < 4.78 is 8.45. The van der Waals surface area contributed by atoms with E-state index in [0.29, 0.717) is 23.8 Å². The van der Waals surface area contributed by atoms with Crippen LogP contribution >= 0.6 is 0 Å². The van der Waals surface area contributed by atoms with E-state index in [1.54, 1.807) is 0 Å². The van der Waals surface area contributed by atoms with Crippen LogP contribution in [0.15, 0.2) is 74.8 Å².